The first-order chi connectivity index (χ1) is 9.50. The molecule has 1 aromatic carbocycles. The van der Waals surface area contributed by atoms with E-state index < -0.39 is 0 Å². The van der Waals surface area contributed by atoms with E-state index in [1.807, 2.05) is 25.1 Å². The van der Waals surface area contributed by atoms with E-state index >= 15 is 0 Å². The highest BCUT2D eigenvalue weighted by Crippen LogP contribution is 2.26. The third kappa shape index (κ3) is 2.88. The van der Waals surface area contributed by atoms with Gasteiger partial charge in [-0.15, -0.1) is 0 Å². The molecule has 2 aromatic rings. The van der Waals surface area contributed by atoms with Crippen molar-refractivity contribution in [1.82, 2.24) is 14.9 Å². The van der Waals surface area contributed by atoms with Gasteiger partial charge in [-0.05, 0) is 18.6 Å². The lowest BCUT2D eigenvalue weighted by Crippen LogP contribution is -2.30. The zero-order valence-corrected chi connectivity index (χ0v) is 12.0. The normalized spacial score (nSPS) is 11.9. The summed E-state index contributed by atoms with van der Waals surface area (Å²) in [5, 5.41) is 0.623. The highest BCUT2D eigenvalue weighted by atomic mass is 35.5. The topological polar surface area (TPSA) is 72.1 Å². The Morgan fingerprint density at radius 2 is 2.05 bits per heavy atom. The number of carbonyl (C=O) groups is 1. The van der Waals surface area contributed by atoms with E-state index in [9.17, 15) is 4.79 Å². The first-order valence-electron chi connectivity index (χ1n) is 6.10. The van der Waals surface area contributed by atoms with Crippen LogP contribution in [0.2, 0.25) is 5.02 Å². The molecule has 5 nitrogen and oxygen atoms in total. The van der Waals surface area contributed by atoms with E-state index in [-0.39, 0.29) is 23.5 Å². The van der Waals surface area contributed by atoms with E-state index in [0.29, 0.717) is 5.02 Å². The number of benzene rings is 1. The molecule has 1 heterocycles. The summed E-state index contributed by atoms with van der Waals surface area (Å²) in [5.41, 5.74) is 6.63. The Hall–Kier alpha value is -2.14. The Labute approximate surface area is 122 Å². The van der Waals surface area contributed by atoms with E-state index in [1.54, 1.807) is 18.0 Å². The molecule has 0 aliphatic carbocycles. The highest BCUT2D eigenvalue weighted by Gasteiger charge is 2.21. The predicted octanol–water partition coefficient (Wildman–Crippen LogP) is 2.55. The minimum absolute atomic E-state index is 0.181. The van der Waals surface area contributed by atoms with Crippen molar-refractivity contribution in [3.05, 3.63) is 52.9 Å². The molecule has 0 aliphatic rings. The lowest BCUT2D eigenvalue weighted by Gasteiger charge is -2.25. The second-order valence-corrected chi connectivity index (χ2v) is 4.85. The molecule has 0 aliphatic heterocycles. The van der Waals surface area contributed by atoms with Crippen LogP contribution in [-0.2, 0) is 0 Å². The summed E-state index contributed by atoms with van der Waals surface area (Å²) in [6.45, 7) is 1.90. The summed E-state index contributed by atoms with van der Waals surface area (Å²) in [4.78, 5) is 21.8. The lowest BCUT2D eigenvalue weighted by atomic mass is 10.1. The second kappa shape index (κ2) is 5.88. The van der Waals surface area contributed by atoms with Gasteiger partial charge in [0.25, 0.3) is 5.91 Å². The molecule has 20 heavy (non-hydrogen) atoms. The number of nitrogens with zero attached hydrogens (tertiary/aromatic N) is 3. The van der Waals surface area contributed by atoms with Gasteiger partial charge in [-0.3, -0.25) is 9.78 Å². The molecule has 1 amide bonds. The average molecular weight is 291 g/mol. The SMILES string of the molecule is CC(c1ccccc1Cl)N(C)C(=O)c1cncc(N)n1. The third-order valence-electron chi connectivity index (χ3n) is 3.13. The Kier molecular flexibility index (Phi) is 4.20. The molecule has 2 N–H and O–H groups in total. The van der Waals surface area contributed by atoms with Crippen LogP contribution in [0.25, 0.3) is 0 Å². The van der Waals surface area contributed by atoms with Crippen molar-refractivity contribution in [1.29, 1.82) is 0 Å². The van der Waals surface area contributed by atoms with Crippen molar-refractivity contribution in [2.24, 2.45) is 0 Å². The molecule has 0 spiro atoms. The van der Waals surface area contributed by atoms with Crippen molar-refractivity contribution in [2.75, 3.05) is 12.8 Å². The zero-order chi connectivity index (χ0) is 14.7. The van der Waals surface area contributed by atoms with Gasteiger partial charge >= 0.3 is 0 Å². The van der Waals surface area contributed by atoms with Crippen LogP contribution in [0.4, 0.5) is 5.82 Å². The summed E-state index contributed by atoms with van der Waals surface area (Å²) in [7, 11) is 1.70. The summed E-state index contributed by atoms with van der Waals surface area (Å²) in [6.07, 6.45) is 2.79. The van der Waals surface area contributed by atoms with Gasteiger partial charge in [0.1, 0.15) is 11.5 Å². The standard InChI is InChI=1S/C14H15ClN4O/c1-9(10-5-3-4-6-11(10)15)19(2)14(20)12-7-17-8-13(16)18-12/h3-9H,1-2H3,(H2,16,18). The minimum atomic E-state index is -0.253. The molecule has 0 saturated heterocycles. The Morgan fingerprint density at radius 3 is 2.70 bits per heavy atom. The van der Waals surface area contributed by atoms with Gasteiger partial charge in [0, 0.05) is 12.1 Å². The maximum Gasteiger partial charge on any atom is 0.274 e. The number of aromatic nitrogens is 2. The van der Waals surface area contributed by atoms with Crippen molar-refractivity contribution in [3.63, 3.8) is 0 Å². The second-order valence-electron chi connectivity index (χ2n) is 4.44. The van der Waals surface area contributed by atoms with Crippen LogP contribution in [0.5, 0.6) is 0 Å². The summed E-state index contributed by atoms with van der Waals surface area (Å²) in [6, 6.07) is 7.24. The van der Waals surface area contributed by atoms with Crippen LogP contribution in [0, 0.1) is 0 Å². The predicted molar refractivity (Wildman–Crippen MR) is 78.4 cm³/mol. The maximum atomic E-state index is 12.3. The maximum absolute atomic E-state index is 12.3. The third-order valence-corrected chi connectivity index (χ3v) is 3.47. The number of nitrogen functional groups attached to an aromatic ring is 1. The molecule has 2 rings (SSSR count). The van der Waals surface area contributed by atoms with Crippen molar-refractivity contribution < 1.29 is 4.79 Å². The fourth-order valence-corrected chi connectivity index (χ4v) is 2.16. The van der Waals surface area contributed by atoms with E-state index in [0.717, 1.165) is 5.56 Å². The number of hydrogen-bond acceptors (Lipinski definition) is 4. The van der Waals surface area contributed by atoms with Crippen molar-refractivity contribution >= 4 is 23.3 Å². The summed E-state index contributed by atoms with van der Waals surface area (Å²) in [5.74, 6) is -0.0353. The first kappa shape index (κ1) is 14.3. The first-order valence-corrected chi connectivity index (χ1v) is 6.47. The molecule has 1 unspecified atom stereocenters. The molecule has 0 radical (unpaired) electrons. The number of amides is 1. The van der Waals surface area contributed by atoms with Crippen molar-refractivity contribution in [3.8, 4) is 0 Å². The van der Waals surface area contributed by atoms with Crippen LogP contribution >= 0.6 is 11.6 Å². The molecule has 104 valence electrons. The van der Waals surface area contributed by atoms with E-state index in [1.165, 1.54) is 12.4 Å². The van der Waals surface area contributed by atoms with Crippen LogP contribution in [0.3, 0.4) is 0 Å². The lowest BCUT2D eigenvalue weighted by molar-refractivity contribution is 0.0736. The largest absolute Gasteiger partial charge is 0.382 e. The van der Waals surface area contributed by atoms with Gasteiger partial charge in [0.2, 0.25) is 0 Å². The van der Waals surface area contributed by atoms with Crippen molar-refractivity contribution in [2.45, 2.75) is 13.0 Å². The molecular weight excluding hydrogens is 276 g/mol. The van der Waals surface area contributed by atoms with Gasteiger partial charge in [0.15, 0.2) is 0 Å². The molecule has 0 saturated carbocycles. The van der Waals surface area contributed by atoms with Crippen LogP contribution < -0.4 is 5.73 Å². The molecule has 6 heteroatoms. The zero-order valence-electron chi connectivity index (χ0n) is 11.2. The molecule has 1 aromatic heterocycles. The van der Waals surface area contributed by atoms with Crippen LogP contribution in [0.15, 0.2) is 36.7 Å². The number of carbonyl (C=O) groups excluding carboxylic acids is 1. The Bertz CT molecular complexity index is 632. The quantitative estimate of drug-likeness (QED) is 0.943. The van der Waals surface area contributed by atoms with E-state index in [4.69, 9.17) is 17.3 Å². The van der Waals surface area contributed by atoms with E-state index in [2.05, 4.69) is 9.97 Å². The molecule has 0 bridgehead atoms. The summed E-state index contributed by atoms with van der Waals surface area (Å²) >= 11 is 6.15. The van der Waals surface area contributed by atoms with Gasteiger partial charge in [-0.25, -0.2) is 4.98 Å². The minimum Gasteiger partial charge on any atom is -0.382 e. The van der Waals surface area contributed by atoms with Gasteiger partial charge in [-0.2, -0.15) is 0 Å². The van der Waals surface area contributed by atoms with Gasteiger partial charge in [-0.1, -0.05) is 29.8 Å². The van der Waals surface area contributed by atoms with Gasteiger partial charge < -0.3 is 10.6 Å². The number of rotatable bonds is 3. The Balaban J connectivity index is 2.25. The molecular formula is C14H15ClN4O. The van der Waals surface area contributed by atoms with Gasteiger partial charge in [0.05, 0.1) is 18.4 Å². The fourth-order valence-electron chi connectivity index (χ4n) is 1.86. The van der Waals surface area contributed by atoms with Crippen LogP contribution in [-0.4, -0.2) is 27.8 Å². The molecule has 0 fully saturated rings. The average Bonchev–Trinajstić information content (AvgIpc) is 2.45. The molecule has 1 atom stereocenters. The Morgan fingerprint density at radius 1 is 1.35 bits per heavy atom. The number of halogens is 1. The summed E-state index contributed by atoms with van der Waals surface area (Å²) < 4.78 is 0. The number of hydrogen-bond donors (Lipinski definition) is 1. The monoisotopic (exact) mass is 290 g/mol. The number of anilines is 1. The highest BCUT2D eigenvalue weighted by molar-refractivity contribution is 6.31. The fraction of sp³-hybridized carbons (Fsp3) is 0.214. The smallest absolute Gasteiger partial charge is 0.274 e. The van der Waals surface area contributed by atoms with Crippen LogP contribution in [0.1, 0.15) is 29.0 Å². The number of nitrogens with two attached hydrogens (primary N) is 1.